The van der Waals surface area contributed by atoms with Crippen molar-refractivity contribution in [1.82, 2.24) is 10.2 Å². The number of nitrogens with two attached hydrogens (primary N) is 1. The molecule has 4 nitrogen and oxygen atoms in total. The predicted octanol–water partition coefficient (Wildman–Crippen LogP) is 1.83. The predicted molar refractivity (Wildman–Crippen MR) is 82.5 cm³/mol. The molecule has 1 aliphatic heterocycles. The lowest BCUT2D eigenvalue weighted by atomic mass is 9.99. The van der Waals surface area contributed by atoms with Crippen LogP contribution in [0.2, 0.25) is 0 Å². The molecule has 1 aromatic rings. The SMILES string of the molecule is CCN1CCC(CNC(=O)C(C)c2cccc(N)c2)C1. The van der Waals surface area contributed by atoms with Crippen LogP contribution in [0.1, 0.15) is 31.7 Å². The molecule has 20 heavy (non-hydrogen) atoms. The fraction of sp³-hybridized carbons (Fsp3) is 0.562. The van der Waals surface area contributed by atoms with Gasteiger partial charge in [-0.1, -0.05) is 19.1 Å². The molecule has 0 aromatic heterocycles. The molecule has 2 atom stereocenters. The minimum absolute atomic E-state index is 0.0885. The van der Waals surface area contributed by atoms with E-state index in [9.17, 15) is 4.79 Å². The van der Waals surface area contributed by atoms with E-state index in [1.54, 1.807) is 0 Å². The molecule has 1 saturated heterocycles. The van der Waals surface area contributed by atoms with Gasteiger partial charge in [0.1, 0.15) is 0 Å². The number of nitrogens with zero attached hydrogens (tertiary/aromatic N) is 1. The standard InChI is InChI=1S/C16H25N3O/c1-3-19-8-7-13(11-19)10-18-16(20)12(2)14-5-4-6-15(17)9-14/h4-6,9,12-13H,3,7-8,10-11,17H2,1-2H3,(H,18,20). The van der Waals surface area contributed by atoms with Gasteiger partial charge in [0.15, 0.2) is 0 Å². The van der Waals surface area contributed by atoms with E-state index in [4.69, 9.17) is 5.73 Å². The minimum Gasteiger partial charge on any atom is -0.399 e. The molecular weight excluding hydrogens is 250 g/mol. The number of hydrogen-bond acceptors (Lipinski definition) is 3. The summed E-state index contributed by atoms with van der Waals surface area (Å²) in [5.41, 5.74) is 7.44. The van der Waals surface area contributed by atoms with E-state index in [1.165, 1.54) is 6.42 Å². The van der Waals surface area contributed by atoms with E-state index in [-0.39, 0.29) is 11.8 Å². The summed E-state index contributed by atoms with van der Waals surface area (Å²) in [4.78, 5) is 14.6. The van der Waals surface area contributed by atoms with E-state index in [2.05, 4.69) is 17.1 Å². The number of nitrogen functional groups attached to an aromatic ring is 1. The van der Waals surface area contributed by atoms with Crippen LogP contribution in [0.4, 0.5) is 5.69 Å². The second-order valence-corrected chi connectivity index (χ2v) is 5.68. The third kappa shape index (κ3) is 3.73. The van der Waals surface area contributed by atoms with Crippen LogP contribution in [0.25, 0.3) is 0 Å². The van der Waals surface area contributed by atoms with Crippen LogP contribution in [-0.4, -0.2) is 37.0 Å². The Labute approximate surface area is 121 Å². The quantitative estimate of drug-likeness (QED) is 0.806. The second-order valence-electron chi connectivity index (χ2n) is 5.68. The molecule has 0 bridgehead atoms. The Bertz CT molecular complexity index is 461. The molecular formula is C16H25N3O. The number of hydrogen-bond donors (Lipinski definition) is 2. The zero-order valence-corrected chi connectivity index (χ0v) is 12.4. The van der Waals surface area contributed by atoms with Crippen molar-refractivity contribution in [2.24, 2.45) is 5.92 Å². The molecule has 0 aliphatic carbocycles. The van der Waals surface area contributed by atoms with E-state index in [1.807, 2.05) is 31.2 Å². The molecule has 110 valence electrons. The molecule has 1 heterocycles. The number of anilines is 1. The highest BCUT2D eigenvalue weighted by molar-refractivity contribution is 5.83. The molecule has 1 fully saturated rings. The van der Waals surface area contributed by atoms with Gasteiger partial charge in [0.05, 0.1) is 5.92 Å². The largest absolute Gasteiger partial charge is 0.399 e. The van der Waals surface area contributed by atoms with Gasteiger partial charge in [0.2, 0.25) is 5.91 Å². The summed E-state index contributed by atoms with van der Waals surface area (Å²) < 4.78 is 0. The average Bonchev–Trinajstić information content (AvgIpc) is 2.92. The van der Waals surface area contributed by atoms with Gasteiger partial charge in [-0.15, -0.1) is 0 Å². The smallest absolute Gasteiger partial charge is 0.227 e. The lowest BCUT2D eigenvalue weighted by Crippen LogP contribution is -2.33. The molecule has 4 heteroatoms. The Balaban J connectivity index is 1.83. The molecule has 0 radical (unpaired) electrons. The summed E-state index contributed by atoms with van der Waals surface area (Å²) in [7, 11) is 0. The van der Waals surface area contributed by atoms with Crippen molar-refractivity contribution >= 4 is 11.6 Å². The Morgan fingerprint density at radius 3 is 3.00 bits per heavy atom. The van der Waals surface area contributed by atoms with Crippen LogP contribution in [-0.2, 0) is 4.79 Å². The fourth-order valence-corrected chi connectivity index (χ4v) is 2.74. The van der Waals surface area contributed by atoms with Crippen LogP contribution in [0.15, 0.2) is 24.3 Å². The number of amides is 1. The van der Waals surface area contributed by atoms with Crippen molar-refractivity contribution in [3.05, 3.63) is 29.8 Å². The minimum atomic E-state index is -0.151. The zero-order valence-electron chi connectivity index (χ0n) is 12.4. The maximum atomic E-state index is 12.2. The maximum Gasteiger partial charge on any atom is 0.227 e. The third-order valence-corrected chi connectivity index (χ3v) is 4.19. The van der Waals surface area contributed by atoms with Gasteiger partial charge < -0.3 is 16.0 Å². The van der Waals surface area contributed by atoms with E-state index in [0.717, 1.165) is 31.7 Å². The number of benzene rings is 1. The van der Waals surface area contributed by atoms with Crippen LogP contribution in [0, 0.1) is 5.92 Å². The molecule has 2 unspecified atom stereocenters. The maximum absolute atomic E-state index is 12.2. The first-order valence-electron chi connectivity index (χ1n) is 7.45. The van der Waals surface area contributed by atoms with Gasteiger partial charge in [-0.2, -0.15) is 0 Å². The number of carbonyl (C=O) groups excluding carboxylic acids is 1. The zero-order chi connectivity index (χ0) is 14.5. The Hall–Kier alpha value is -1.55. The summed E-state index contributed by atoms with van der Waals surface area (Å²) in [6.07, 6.45) is 1.18. The number of likely N-dealkylation sites (tertiary alicyclic amines) is 1. The van der Waals surface area contributed by atoms with E-state index >= 15 is 0 Å². The number of carbonyl (C=O) groups is 1. The first-order valence-corrected chi connectivity index (χ1v) is 7.45. The van der Waals surface area contributed by atoms with Gasteiger partial charge in [0.25, 0.3) is 0 Å². The fourth-order valence-electron chi connectivity index (χ4n) is 2.74. The highest BCUT2D eigenvalue weighted by atomic mass is 16.1. The first-order chi connectivity index (χ1) is 9.60. The summed E-state index contributed by atoms with van der Waals surface area (Å²) >= 11 is 0. The van der Waals surface area contributed by atoms with Crippen LogP contribution in [0.3, 0.4) is 0 Å². The lowest BCUT2D eigenvalue weighted by molar-refractivity contribution is -0.122. The second kappa shape index (κ2) is 6.75. The highest BCUT2D eigenvalue weighted by Crippen LogP contribution is 2.19. The molecule has 2 rings (SSSR count). The van der Waals surface area contributed by atoms with E-state index in [0.29, 0.717) is 11.6 Å². The number of nitrogens with one attached hydrogen (secondary N) is 1. The summed E-state index contributed by atoms with van der Waals surface area (Å²) in [5, 5.41) is 3.08. The molecule has 0 spiro atoms. The summed E-state index contributed by atoms with van der Waals surface area (Å²) in [6, 6.07) is 7.56. The summed E-state index contributed by atoms with van der Waals surface area (Å²) in [6.45, 7) is 8.25. The third-order valence-electron chi connectivity index (χ3n) is 4.19. The molecule has 1 amide bonds. The van der Waals surface area contributed by atoms with Gasteiger partial charge in [-0.05, 0) is 50.0 Å². The normalized spacial score (nSPS) is 20.8. The van der Waals surface area contributed by atoms with E-state index < -0.39 is 0 Å². The Morgan fingerprint density at radius 1 is 1.55 bits per heavy atom. The average molecular weight is 275 g/mol. The van der Waals surface area contributed by atoms with Crippen LogP contribution in [0.5, 0.6) is 0 Å². The van der Waals surface area contributed by atoms with Crippen molar-refractivity contribution in [3.63, 3.8) is 0 Å². The van der Waals surface area contributed by atoms with Crippen LogP contribution >= 0.6 is 0 Å². The number of rotatable bonds is 5. The monoisotopic (exact) mass is 275 g/mol. The van der Waals surface area contributed by atoms with Gasteiger partial charge >= 0.3 is 0 Å². The molecule has 1 aliphatic rings. The first kappa shape index (κ1) is 14.9. The van der Waals surface area contributed by atoms with Gasteiger partial charge in [-0.3, -0.25) is 4.79 Å². The molecule has 0 saturated carbocycles. The lowest BCUT2D eigenvalue weighted by Gasteiger charge is -2.16. The van der Waals surface area contributed by atoms with Gasteiger partial charge in [-0.25, -0.2) is 0 Å². The van der Waals surface area contributed by atoms with Crippen molar-refractivity contribution in [1.29, 1.82) is 0 Å². The summed E-state index contributed by atoms with van der Waals surface area (Å²) in [5.74, 6) is 0.527. The molecule has 3 N–H and O–H groups in total. The van der Waals surface area contributed by atoms with Crippen molar-refractivity contribution in [3.8, 4) is 0 Å². The molecule has 1 aromatic carbocycles. The van der Waals surface area contributed by atoms with Crippen LogP contribution < -0.4 is 11.1 Å². The van der Waals surface area contributed by atoms with Crippen molar-refractivity contribution in [2.75, 3.05) is 31.9 Å². The highest BCUT2D eigenvalue weighted by Gasteiger charge is 2.22. The van der Waals surface area contributed by atoms with Gasteiger partial charge in [0, 0.05) is 18.8 Å². The van der Waals surface area contributed by atoms with Crippen molar-refractivity contribution < 1.29 is 4.79 Å². The van der Waals surface area contributed by atoms with Crippen molar-refractivity contribution in [2.45, 2.75) is 26.2 Å². The Kier molecular flexibility index (Phi) is 5.01. The topological polar surface area (TPSA) is 58.4 Å². The Morgan fingerprint density at radius 2 is 2.35 bits per heavy atom.